The number of hydrogen-bond donors (Lipinski definition) is 0. The van der Waals surface area contributed by atoms with Crippen molar-refractivity contribution in [1.29, 1.82) is 0 Å². The number of halogens is 4. The predicted octanol–water partition coefficient (Wildman–Crippen LogP) is 2.00. The number of rotatable bonds is 4. The van der Waals surface area contributed by atoms with Crippen molar-refractivity contribution in [3.05, 3.63) is 18.7 Å². The molecule has 0 N–H and O–H groups in total. The van der Waals surface area contributed by atoms with Crippen molar-refractivity contribution in [3.8, 4) is 0 Å². The highest BCUT2D eigenvalue weighted by molar-refractivity contribution is 4.67. The molecule has 0 aliphatic carbocycles. The number of aromatic nitrogens is 2. The van der Waals surface area contributed by atoms with Gasteiger partial charge < -0.3 is 0 Å². The van der Waals surface area contributed by atoms with E-state index in [0.29, 0.717) is 6.54 Å². The van der Waals surface area contributed by atoms with Gasteiger partial charge in [0.05, 0.1) is 6.54 Å². The Bertz CT molecular complexity index is 295. The van der Waals surface area contributed by atoms with E-state index in [1.54, 1.807) is 0 Å². The van der Waals surface area contributed by atoms with E-state index >= 15 is 0 Å². The molecule has 0 atom stereocenters. The van der Waals surface area contributed by atoms with Crippen molar-refractivity contribution in [2.45, 2.75) is 32.4 Å². The molecule has 0 aliphatic rings. The second-order valence-corrected chi connectivity index (χ2v) is 2.95. The van der Waals surface area contributed by atoms with E-state index in [4.69, 9.17) is 0 Å². The van der Waals surface area contributed by atoms with Gasteiger partial charge in [-0.25, -0.2) is 4.57 Å². The van der Waals surface area contributed by atoms with Crippen LogP contribution in [-0.4, -0.2) is 11.0 Å². The molecule has 0 spiro atoms. The number of aryl methyl sites for hydroxylation is 1. The summed E-state index contributed by atoms with van der Waals surface area (Å²) in [4.78, 5) is 0. The van der Waals surface area contributed by atoms with Crippen LogP contribution in [0.1, 0.15) is 13.3 Å². The normalized spacial score (nSPS) is 12.4. The molecule has 2 nitrogen and oxygen atoms in total. The fourth-order valence-corrected chi connectivity index (χ4v) is 1.07. The Morgan fingerprint density at radius 1 is 1.43 bits per heavy atom. The van der Waals surface area contributed by atoms with Gasteiger partial charge in [0.2, 0.25) is 6.33 Å². The molecule has 1 heterocycles. The average molecular weight is 211 g/mol. The molecule has 1 aromatic heterocycles. The van der Waals surface area contributed by atoms with Crippen LogP contribution in [0.15, 0.2) is 18.7 Å². The fraction of sp³-hybridized carbons (Fsp3) is 0.625. The fourth-order valence-electron chi connectivity index (χ4n) is 1.07. The van der Waals surface area contributed by atoms with Crippen LogP contribution in [-0.2, 0) is 12.6 Å². The number of imidazole rings is 1. The van der Waals surface area contributed by atoms with Gasteiger partial charge in [0.15, 0.2) is 0 Å². The number of hydrogen-bond acceptors (Lipinski definition) is 0. The van der Waals surface area contributed by atoms with Crippen molar-refractivity contribution < 1.29 is 22.1 Å². The highest BCUT2D eigenvalue weighted by Crippen LogP contribution is 2.21. The van der Waals surface area contributed by atoms with Crippen molar-refractivity contribution in [2.24, 2.45) is 0 Å². The molecule has 0 amide bonds. The minimum atomic E-state index is -4.13. The Morgan fingerprint density at radius 2 is 2.07 bits per heavy atom. The van der Waals surface area contributed by atoms with Crippen LogP contribution in [0, 0.1) is 0 Å². The summed E-state index contributed by atoms with van der Waals surface area (Å²) in [6.45, 7) is 2.40. The Kier molecular flexibility index (Phi) is 3.13. The van der Waals surface area contributed by atoms with Gasteiger partial charge in [-0.3, -0.25) is 0 Å². The van der Waals surface area contributed by atoms with Crippen molar-refractivity contribution in [3.63, 3.8) is 0 Å². The second-order valence-electron chi connectivity index (χ2n) is 2.95. The summed E-state index contributed by atoms with van der Waals surface area (Å²) in [5.74, 6) is 0. The van der Waals surface area contributed by atoms with E-state index in [-0.39, 0.29) is 4.57 Å². The summed E-state index contributed by atoms with van der Waals surface area (Å²) in [5, 5.41) is 0. The van der Waals surface area contributed by atoms with Gasteiger partial charge in [0, 0.05) is 0 Å². The molecular formula is C8H11F4N2+. The lowest BCUT2D eigenvalue weighted by atomic mass is 10.5. The van der Waals surface area contributed by atoms with Gasteiger partial charge in [-0.05, 0) is 6.42 Å². The minimum Gasteiger partial charge on any atom is -0.237 e. The first-order chi connectivity index (χ1) is 6.48. The van der Waals surface area contributed by atoms with Crippen molar-refractivity contribution in [2.75, 3.05) is 0 Å². The molecule has 0 aromatic carbocycles. The first-order valence-corrected chi connectivity index (χ1v) is 4.22. The SMILES string of the molecule is CCCn1cc[n+](C(F)(F)C(F)F)c1. The summed E-state index contributed by atoms with van der Waals surface area (Å²) in [5.41, 5.74) is 0. The Labute approximate surface area is 78.8 Å². The molecule has 0 aliphatic heterocycles. The first-order valence-electron chi connectivity index (χ1n) is 4.22. The summed E-state index contributed by atoms with van der Waals surface area (Å²) in [6.07, 6.45) is 0.344. The lowest BCUT2D eigenvalue weighted by molar-refractivity contribution is -0.834. The van der Waals surface area contributed by atoms with Crippen LogP contribution in [0.2, 0.25) is 0 Å². The van der Waals surface area contributed by atoms with Gasteiger partial charge in [-0.2, -0.15) is 22.1 Å². The molecule has 0 fully saturated rings. The Hall–Kier alpha value is -1.07. The Balaban J connectivity index is 2.85. The smallest absolute Gasteiger partial charge is 0.237 e. The molecule has 0 bridgehead atoms. The zero-order valence-electron chi connectivity index (χ0n) is 7.63. The molecule has 6 heteroatoms. The minimum absolute atomic E-state index is 0.229. The molecule has 0 saturated carbocycles. The zero-order valence-corrected chi connectivity index (χ0v) is 7.63. The second kappa shape index (κ2) is 3.98. The maximum Gasteiger partial charge on any atom is 0.459 e. The third-order valence-electron chi connectivity index (χ3n) is 1.78. The zero-order chi connectivity index (χ0) is 10.8. The molecule has 0 unspecified atom stereocenters. The highest BCUT2D eigenvalue weighted by atomic mass is 19.3. The van der Waals surface area contributed by atoms with Crippen molar-refractivity contribution >= 4 is 0 Å². The number of alkyl halides is 4. The molecule has 14 heavy (non-hydrogen) atoms. The van der Waals surface area contributed by atoms with Crippen LogP contribution in [0.4, 0.5) is 17.6 Å². The first kappa shape index (κ1) is 11.0. The molecule has 1 aromatic rings. The van der Waals surface area contributed by atoms with Crippen LogP contribution in [0.5, 0.6) is 0 Å². The molecule has 80 valence electrons. The molecule has 0 saturated heterocycles. The standard InChI is InChI=1S/C8H11F4N2/c1-2-3-13-4-5-14(6-13)8(11,12)7(9)10/h4-7H,2-3H2,1H3/q+1. The number of nitrogens with zero attached hydrogens (tertiary/aromatic N) is 2. The van der Waals surface area contributed by atoms with Gasteiger partial charge in [-0.15, -0.1) is 0 Å². The van der Waals surface area contributed by atoms with Crippen LogP contribution >= 0.6 is 0 Å². The van der Waals surface area contributed by atoms with Crippen LogP contribution < -0.4 is 4.57 Å². The third kappa shape index (κ3) is 2.05. The van der Waals surface area contributed by atoms with Gasteiger partial charge in [-0.1, -0.05) is 6.92 Å². The summed E-state index contributed by atoms with van der Waals surface area (Å²) in [7, 11) is 0. The summed E-state index contributed by atoms with van der Waals surface area (Å²) >= 11 is 0. The topological polar surface area (TPSA) is 8.81 Å². The van der Waals surface area contributed by atoms with Crippen LogP contribution in [0.3, 0.4) is 0 Å². The lowest BCUT2D eigenvalue weighted by Gasteiger charge is -2.09. The van der Waals surface area contributed by atoms with Crippen molar-refractivity contribution in [1.82, 2.24) is 4.57 Å². The molecule has 1 rings (SSSR count). The maximum atomic E-state index is 12.7. The van der Waals surface area contributed by atoms with Gasteiger partial charge in [0.25, 0.3) is 0 Å². The van der Waals surface area contributed by atoms with E-state index in [1.165, 1.54) is 10.8 Å². The monoisotopic (exact) mass is 211 g/mol. The summed E-state index contributed by atoms with van der Waals surface area (Å²) < 4.78 is 51.0. The molecule has 0 radical (unpaired) electrons. The quantitative estimate of drug-likeness (QED) is 0.532. The van der Waals surface area contributed by atoms with E-state index in [9.17, 15) is 17.6 Å². The maximum absolute atomic E-state index is 12.7. The third-order valence-corrected chi connectivity index (χ3v) is 1.78. The van der Waals surface area contributed by atoms with E-state index in [0.717, 1.165) is 18.9 Å². The molecular weight excluding hydrogens is 200 g/mol. The summed E-state index contributed by atoms with van der Waals surface area (Å²) in [6, 6.07) is -4.13. The van der Waals surface area contributed by atoms with Crippen LogP contribution in [0.25, 0.3) is 0 Å². The van der Waals surface area contributed by atoms with E-state index < -0.39 is 12.5 Å². The van der Waals surface area contributed by atoms with Gasteiger partial charge >= 0.3 is 12.5 Å². The largest absolute Gasteiger partial charge is 0.459 e. The average Bonchev–Trinajstić information content (AvgIpc) is 2.53. The van der Waals surface area contributed by atoms with Gasteiger partial charge in [0.1, 0.15) is 12.4 Å². The van der Waals surface area contributed by atoms with E-state index in [2.05, 4.69) is 0 Å². The lowest BCUT2D eigenvalue weighted by Crippen LogP contribution is -2.53. The predicted molar refractivity (Wildman–Crippen MR) is 41.1 cm³/mol. The Morgan fingerprint density at radius 3 is 2.57 bits per heavy atom. The highest BCUT2D eigenvalue weighted by Gasteiger charge is 2.48. The van der Waals surface area contributed by atoms with E-state index in [1.807, 2.05) is 6.92 Å².